The lowest BCUT2D eigenvalue weighted by Gasteiger charge is -2.23. The Bertz CT molecular complexity index is 587. The second-order valence-corrected chi connectivity index (χ2v) is 6.13. The van der Waals surface area contributed by atoms with E-state index < -0.39 is 0 Å². The van der Waals surface area contributed by atoms with Crippen LogP contribution in [0.15, 0.2) is 54.6 Å². The molecule has 2 heteroatoms. The van der Waals surface area contributed by atoms with Gasteiger partial charge in [-0.25, -0.2) is 0 Å². The first kappa shape index (κ1) is 16.4. The maximum Gasteiger partial charge on any atom is 0.164 e. The average Bonchev–Trinajstić information content (AvgIpc) is 2.52. The molecule has 0 saturated heterocycles. The molecule has 1 atom stereocenters. The molecule has 1 N–H and O–H groups in total. The van der Waals surface area contributed by atoms with Gasteiger partial charge in [0.2, 0.25) is 0 Å². The summed E-state index contributed by atoms with van der Waals surface area (Å²) in [5.41, 5.74) is 3.26. The summed E-state index contributed by atoms with van der Waals surface area (Å²) >= 11 is 0. The zero-order valence-electron chi connectivity index (χ0n) is 13.7. The molecule has 0 saturated carbocycles. The molecule has 0 bridgehead atoms. The molecule has 0 aliphatic rings. The summed E-state index contributed by atoms with van der Waals surface area (Å²) in [7, 11) is 0. The molecule has 0 aliphatic carbocycles. The van der Waals surface area contributed by atoms with Gasteiger partial charge in [-0.2, -0.15) is 0 Å². The molecule has 0 radical (unpaired) electrons. The van der Waals surface area contributed by atoms with Crippen molar-refractivity contribution in [2.24, 2.45) is 5.92 Å². The summed E-state index contributed by atoms with van der Waals surface area (Å²) in [6.07, 6.45) is 0.527. The zero-order chi connectivity index (χ0) is 15.9. The molecule has 0 fully saturated rings. The summed E-state index contributed by atoms with van der Waals surface area (Å²) < 4.78 is 0. The second kappa shape index (κ2) is 7.90. The maximum absolute atomic E-state index is 12.2. The smallest absolute Gasteiger partial charge is 0.164 e. The standard InChI is InChI=1S/C20H25NO/c1-15(2)20(18-7-5-4-6-8-18)21-14-13-19(22)17-11-9-16(3)10-12-17/h4-12,15,20-21H,13-14H2,1-3H3. The van der Waals surface area contributed by atoms with E-state index in [1.54, 1.807) is 0 Å². The summed E-state index contributed by atoms with van der Waals surface area (Å²) in [4.78, 5) is 12.2. The lowest BCUT2D eigenvalue weighted by molar-refractivity contribution is 0.0980. The van der Waals surface area contributed by atoms with E-state index in [-0.39, 0.29) is 11.8 Å². The molecular formula is C20H25NO. The van der Waals surface area contributed by atoms with Crippen LogP contribution in [0.25, 0.3) is 0 Å². The van der Waals surface area contributed by atoms with Crippen LogP contribution in [0, 0.1) is 12.8 Å². The summed E-state index contributed by atoms with van der Waals surface area (Å²) in [5, 5.41) is 3.53. The van der Waals surface area contributed by atoms with Crippen molar-refractivity contribution in [2.75, 3.05) is 6.54 Å². The van der Waals surface area contributed by atoms with Crippen LogP contribution in [-0.2, 0) is 0 Å². The molecule has 0 amide bonds. The van der Waals surface area contributed by atoms with Gasteiger partial charge in [-0.3, -0.25) is 4.79 Å². The third-order valence-electron chi connectivity index (χ3n) is 3.92. The molecule has 1 unspecified atom stereocenters. The minimum Gasteiger partial charge on any atom is -0.309 e. The fourth-order valence-electron chi connectivity index (χ4n) is 2.62. The van der Waals surface area contributed by atoms with Crippen molar-refractivity contribution < 1.29 is 4.79 Å². The number of nitrogens with one attached hydrogen (secondary N) is 1. The fourth-order valence-corrected chi connectivity index (χ4v) is 2.62. The van der Waals surface area contributed by atoms with Crippen molar-refractivity contribution in [1.29, 1.82) is 0 Å². The minimum absolute atomic E-state index is 0.197. The summed E-state index contributed by atoms with van der Waals surface area (Å²) in [6, 6.07) is 18.5. The molecule has 2 aromatic rings. The Morgan fingerprint density at radius 3 is 2.23 bits per heavy atom. The number of rotatable bonds is 7. The predicted molar refractivity (Wildman–Crippen MR) is 92.2 cm³/mol. The van der Waals surface area contributed by atoms with Crippen LogP contribution >= 0.6 is 0 Å². The van der Waals surface area contributed by atoms with Crippen molar-refractivity contribution in [3.05, 3.63) is 71.3 Å². The van der Waals surface area contributed by atoms with Gasteiger partial charge in [0.05, 0.1) is 0 Å². The first-order valence-electron chi connectivity index (χ1n) is 7.96. The van der Waals surface area contributed by atoms with E-state index in [2.05, 4.69) is 43.4 Å². The van der Waals surface area contributed by atoms with Crippen molar-refractivity contribution in [3.8, 4) is 0 Å². The molecule has 2 nitrogen and oxygen atoms in total. The predicted octanol–water partition coefficient (Wildman–Crippen LogP) is 4.55. The van der Waals surface area contributed by atoms with E-state index in [4.69, 9.17) is 0 Å². The van der Waals surface area contributed by atoms with Gasteiger partial charge in [0.25, 0.3) is 0 Å². The van der Waals surface area contributed by atoms with E-state index in [0.717, 1.165) is 5.56 Å². The highest BCUT2D eigenvalue weighted by Gasteiger charge is 2.15. The van der Waals surface area contributed by atoms with Crippen molar-refractivity contribution >= 4 is 5.78 Å². The van der Waals surface area contributed by atoms with E-state index in [1.165, 1.54) is 11.1 Å². The molecule has 2 rings (SSSR count). The van der Waals surface area contributed by atoms with Crippen LogP contribution in [0.1, 0.15) is 47.8 Å². The monoisotopic (exact) mass is 295 g/mol. The van der Waals surface area contributed by atoms with Gasteiger partial charge in [0.15, 0.2) is 5.78 Å². The average molecular weight is 295 g/mol. The summed E-state index contributed by atoms with van der Waals surface area (Å²) in [5.74, 6) is 0.681. The molecule has 116 valence electrons. The lowest BCUT2D eigenvalue weighted by atomic mass is 9.96. The fraction of sp³-hybridized carbons (Fsp3) is 0.350. The summed E-state index contributed by atoms with van der Waals surface area (Å²) in [6.45, 7) is 7.13. The van der Waals surface area contributed by atoms with Crippen LogP contribution in [-0.4, -0.2) is 12.3 Å². The van der Waals surface area contributed by atoms with Crippen molar-refractivity contribution in [1.82, 2.24) is 5.32 Å². The molecule has 0 aliphatic heterocycles. The Hall–Kier alpha value is -1.93. The van der Waals surface area contributed by atoms with Crippen LogP contribution in [0.2, 0.25) is 0 Å². The van der Waals surface area contributed by atoms with Crippen molar-refractivity contribution in [2.45, 2.75) is 33.2 Å². The largest absolute Gasteiger partial charge is 0.309 e. The molecule has 22 heavy (non-hydrogen) atoms. The number of Topliss-reactive ketones (excluding diaryl/α,β-unsaturated/α-hetero) is 1. The Balaban J connectivity index is 1.91. The van der Waals surface area contributed by atoms with Crippen molar-refractivity contribution in [3.63, 3.8) is 0 Å². The number of aryl methyl sites for hydroxylation is 1. The topological polar surface area (TPSA) is 29.1 Å². The van der Waals surface area contributed by atoms with E-state index >= 15 is 0 Å². The SMILES string of the molecule is Cc1ccc(C(=O)CCNC(c2ccccc2)C(C)C)cc1. The van der Waals surface area contributed by atoms with E-state index in [9.17, 15) is 4.79 Å². The van der Waals surface area contributed by atoms with Gasteiger partial charge < -0.3 is 5.32 Å². The van der Waals surface area contributed by atoms with Gasteiger partial charge in [0, 0.05) is 24.6 Å². The molecule has 0 aromatic heterocycles. The van der Waals surface area contributed by atoms with Crippen LogP contribution in [0.5, 0.6) is 0 Å². The molecule has 0 heterocycles. The quantitative estimate of drug-likeness (QED) is 0.759. The Kier molecular flexibility index (Phi) is 5.91. The molecule has 2 aromatic carbocycles. The van der Waals surface area contributed by atoms with Crippen LogP contribution in [0.3, 0.4) is 0 Å². The van der Waals surface area contributed by atoms with Gasteiger partial charge in [-0.1, -0.05) is 74.0 Å². The van der Waals surface area contributed by atoms with E-state index in [0.29, 0.717) is 18.9 Å². The first-order chi connectivity index (χ1) is 10.6. The third-order valence-corrected chi connectivity index (χ3v) is 3.92. The molecular weight excluding hydrogens is 270 g/mol. The lowest BCUT2D eigenvalue weighted by Crippen LogP contribution is -2.28. The Morgan fingerprint density at radius 2 is 1.64 bits per heavy atom. The van der Waals surface area contributed by atoms with Crippen LogP contribution < -0.4 is 5.32 Å². The number of hydrogen-bond donors (Lipinski definition) is 1. The van der Waals surface area contributed by atoms with Gasteiger partial charge in [0.1, 0.15) is 0 Å². The normalized spacial score (nSPS) is 12.4. The number of hydrogen-bond acceptors (Lipinski definition) is 2. The number of ketones is 1. The third kappa shape index (κ3) is 4.54. The first-order valence-corrected chi connectivity index (χ1v) is 7.96. The maximum atomic E-state index is 12.2. The Morgan fingerprint density at radius 1 is 1.00 bits per heavy atom. The number of carbonyl (C=O) groups is 1. The van der Waals surface area contributed by atoms with Gasteiger partial charge >= 0.3 is 0 Å². The van der Waals surface area contributed by atoms with Gasteiger partial charge in [-0.05, 0) is 18.4 Å². The highest BCUT2D eigenvalue weighted by Crippen LogP contribution is 2.21. The zero-order valence-corrected chi connectivity index (χ0v) is 13.7. The van der Waals surface area contributed by atoms with Gasteiger partial charge in [-0.15, -0.1) is 0 Å². The number of benzene rings is 2. The second-order valence-electron chi connectivity index (χ2n) is 6.13. The highest BCUT2D eigenvalue weighted by molar-refractivity contribution is 5.96. The Labute approximate surface area is 133 Å². The number of carbonyl (C=O) groups excluding carboxylic acids is 1. The minimum atomic E-state index is 0.197. The highest BCUT2D eigenvalue weighted by atomic mass is 16.1. The van der Waals surface area contributed by atoms with E-state index in [1.807, 2.05) is 37.3 Å². The molecule has 0 spiro atoms. The van der Waals surface area contributed by atoms with Crippen LogP contribution in [0.4, 0.5) is 0 Å².